The van der Waals surface area contributed by atoms with Crippen LogP contribution in [-0.4, -0.2) is 28.9 Å². The fourth-order valence-electron chi connectivity index (χ4n) is 1.11. The molecule has 0 fully saturated rings. The molecule has 1 rings (SSSR count). The smallest absolute Gasteiger partial charge is 0.121 e. The minimum atomic E-state index is 0.759. The molecule has 0 bridgehead atoms. The molecule has 0 aliphatic carbocycles. The Morgan fingerprint density at radius 2 is 2.21 bits per heavy atom. The number of rotatable bonds is 7. The summed E-state index contributed by atoms with van der Waals surface area (Å²) in [5.74, 6) is 1.24. The molecule has 0 aliphatic rings. The van der Waals surface area contributed by atoms with Crippen LogP contribution >= 0.6 is 11.8 Å². The number of unbranched alkanes of at least 4 members (excludes halogenated alkanes) is 1. The molecular weight excluding hydrogens is 198 g/mol. The zero-order valence-corrected chi connectivity index (χ0v) is 9.56. The molecule has 0 saturated heterocycles. The van der Waals surface area contributed by atoms with E-state index in [0.29, 0.717) is 0 Å². The van der Waals surface area contributed by atoms with Gasteiger partial charge in [-0.1, -0.05) is 10.3 Å². The van der Waals surface area contributed by atoms with Crippen LogP contribution < -0.4 is 5.32 Å². The topological polar surface area (TPSA) is 51.0 Å². The number of hydrogen-bond acceptors (Lipinski definition) is 5. The number of thioether (sulfide) groups is 1. The summed E-state index contributed by atoms with van der Waals surface area (Å²) in [5.41, 5.74) is 1.79. The Morgan fingerprint density at radius 1 is 1.36 bits per heavy atom. The van der Waals surface area contributed by atoms with Crippen molar-refractivity contribution in [3.05, 3.63) is 11.4 Å². The summed E-state index contributed by atoms with van der Waals surface area (Å²) in [6.07, 6.45) is 4.62. The molecule has 0 aromatic carbocycles. The van der Waals surface area contributed by atoms with Gasteiger partial charge in [-0.25, -0.2) is 4.63 Å². The van der Waals surface area contributed by atoms with E-state index in [0.717, 1.165) is 24.5 Å². The van der Waals surface area contributed by atoms with E-state index in [9.17, 15) is 0 Å². The standard InChI is InChI=1S/C9H17N3OS/c1-8-9(12-13-11-8)7-10-5-3-4-6-14-2/h10H,3-7H2,1-2H3. The molecule has 14 heavy (non-hydrogen) atoms. The highest BCUT2D eigenvalue weighted by atomic mass is 32.2. The second kappa shape index (κ2) is 6.84. The molecule has 5 heteroatoms. The Bertz CT molecular complexity index is 252. The van der Waals surface area contributed by atoms with Gasteiger partial charge in [0.05, 0.1) is 0 Å². The predicted octanol–water partition coefficient (Wildman–Crippen LogP) is 1.61. The van der Waals surface area contributed by atoms with Gasteiger partial charge in [-0.15, -0.1) is 0 Å². The molecular formula is C9H17N3OS. The van der Waals surface area contributed by atoms with Gasteiger partial charge in [0.25, 0.3) is 0 Å². The van der Waals surface area contributed by atoms with Crippen LogP contribution in [0.1, 0.15) is 24.2 Å². The zero-order valence-electron chi connectivity index (χ0n) is 8.75. The van der Waals surface area contributed by atoms with Crippen molar-refractivity contribution in [2.45, 2.75) is 26.3 Å². The molecule has 0 aliphatic heterocycles. The van der Waals surface area contributed by atoms with Gasteiger partial charge < -0.3 is 5.32 Å². The van der Waals surface area contributed by atoms with Gasteiger partial charge in [-0.2, -0.15) is 11.8 Å². The van der Waals surface area contributed by atoms with Gasteiger partial charge >= 0.3 is 0 Å². The van der Waals surface area contributed by atoms with Gasteiger partial charge in [0.1, 0.15) is 11.4 Å². The average Bonchev–Trinajstić information content (AvgIpc) is 2.58. The van der Waals surface area contributed by atoms with Crippen molar-refractivity contribution in [2.75, 3.05) is 18.6 Å². The Balaban J connectivity index is 2.02. The van der Waals surface area contributed by atoms with Crippen LogP contribution in [0.2, 0.25) is 0 Å². The molecule has 1 N–H and O–H groups in total. The zero-order chi connectivity index (χ0) is 10.2. The van der Waals surface area contributed by atoms with Crippen LogP contribution in [0.25, 0.3) is 0 Å². The highest BCUT2D eigenvalue weighted by molar-refractivity contribution is 7.98. The molecule has 1 aromatic rings. The number of aryl methyl sites for hydroxylation is 1. The van der Waals surface area contributed by atoms with Gasteiger partial charge in [0.15, 0.2) is 0 Å². The highest BCUT2D eigenvalue weighted by Gasteiger charge is 2.02. The molecule has 0 radical (unpaired) electrons. The lowest BCUT2D eigenvalue weighted by Crippen LogP contribution is -2.15. The third kappa shape index (κ3) is 4.11. The third-order valence-electron chi connectivity index (χ3n) is 1.99. The van der Waals surface area contributed by atoms with Crippen molar-refractivity contribution >= 4 is 11.8 Å². The summed E-state index contributed by atoms with van der Waals surface area (Å²) in [7, 11) is 0. The van der Waals surface area contributed by atoms with Crippen LogP contribution in [0.5, 0.6) is 0 Å². The number of nitrogens with one attached hydrogen (secondary N) is 1. The lowest BCUT2D eigenvalue weighted by atomic mass is 10.3. The molecule has 0 atom stereocenters. The Hall–Kier alpha value is -0.550. The number of hydrogen-bond donors (Lipinski definition) is 1. The fourth-order valence-corrected chi connectivity index (χ4v) is 1.61. The lowest BCUT2D eigenvalue weighted by molar-refractivity contribution is 0.300. The van der Waals surface area contributed by atoms with E-state index < -0.39 is 0 Å². The van der Waals surface area contributed by atoms with E-state index in [1.165, 1.54) is 18.6 Å². The Labute approximate surface area is 88.8 Å². The molecule has 0 amide bonds. The van der Waals surface area contributed by atoms with Crippen molar-refractivity contribution < 1.29 is 4.63 Å². The van der Waals surface area contributed by atoms with E-state index in [-0.39, 0.29) is 0 Å². The second-order valence-corrected chi connectivity index (χ2v) is 4.16. The first kappa shape index (κ1) is 11.5. The maximum Gasteiger partial charge on any atom is 0.121 e. The lowest BCUT2D eigenvalue weighted by Gasteiger charge is -2.01. The van der Waals surface area contributed by atoms with Gasteiger partial charge in [0.2, 0.25) is 0 Å². The highest BCUT2D eigenvalue weighted by Crippen LogP contribution is 2.00. The van der Waals surface area contributed by atoms with E-state index in [1.807, 2.05) is 18.7 Å². The summed E-state index contributed by atoms with van der Waals surface area (Å²) >= 11 is 1.89. The first-order chi connectivity index (χ1) is 6.84. The third-order valence-corrected chi connectivity index (χ3v) is 2.69. The van der Waals surface area contributed by atoms with Crippen LogP contribution in [0.4, 0.5) is 0 Å². The maximum atomic E-state index is 4.60. The van der Waals surface area contributed by atoms with Crippen molar-refractivity contribution in [3.8, 4) is 0 Å². The predicted molar refractivity (Wildman–Crippen MR) is 58.4 cm³/mol. The van der Waals surface area contributed by atoms with Crippen LogP contribution in [0.3, 0.4) is 0 Å². The quantitative estimate of drug-likeness (QED) is 0.700. The van der Waals surface area contributed by atoms with Crippen LogP contribution in [0, 0.1) is 6.92 Å². The van der Waals surface area contributed by atoms with Gasteiger partial charge in [-0.05, 0) is 38.3 Å². The number of aromatic nitrogens is 2. The fraction of sp³-hybridized carbons (Fsp3) is 0.778. The van der Waals surface area contributed by atoms with Crippen LogP contribution in [0.15, 0.2) is 4.63 Å². The summed E-state index contributed by atoms with van der Waals surface area (Å²) in [6.45, 7) is 3.70. The maximum absolute atomic E-state index is 4.60. The van der Waals surface area contributed by atoms with Gasteiger partial charge in [0, 0.05) is 6.54 Å². The largest absolute Gasteiger partial charge is 0.311 e. The second-order valence-electron chi connectivity index (χ2n) is 3.17. The molecule has 80 valence electrons. The Kier molecular flexibility index (Phi) is 5.63. The monoisotopic (exact) mass is 215 g/mol. The molecule has 0 unspecified atom stereocenters. The first-order valence-corrected chi connectivity index (χ1v) is 6.21. The normalized spacial score (nSPS) is 10.7. The Morgan fingerprint density at radius 3 is 2.86 bits per heavy atom. The van der Waals surface area contributed by atoms with Crippen molar-refractivity contribution in [3.63, 3.8) is 0 Å². The van der Waals surface area contributed by atoms with Crippen LogP contribution in [-0.2, 0) is 6.54 Å². The van der Waals surface area contributed by atoms with E-state index in [1.54, 1.807) is 0 Å². The SMILES string of the molecule is CSCCCCNCc1nonc1C. The minimum Gasteiger partial charge on any atom is -0.311 e. The average molecular weight is 215 g/mol. The summed E-state index contributed by atoms with van der Waals surface area (Å²) in [6, 6.07) is 0. The summed E-state index contributed by atoms with van der Waals surface area (Å²) in [4.78, 5) is 0. The van der Waals surface area contributed by atoms with Crippen molar-refractivity contribution in [1.82, 2.24) is 15.6 Å². The minimum absolute atomic E-state index is 0.759. The molecule has 1 aromatic heterocycles. The van der Waals surface area contributed by atoms with Gasteiger partial charge in [-0.3, -0.25) is 0 Å². The van der Waals surface area contributed by atoms with E-state index in [2.05, 4.69) is 26.5 Å². The molecule has 0 saturated carbocycles. The van der Waals surface area contributed by atoms with E-state index >= 15 is 0 Å². The number of nitrogens with zero attached hydrogens (tertiary/aromatic N) is 2. The van der Waals surface area contributed by atoms with E-state index in [4.69, 9.17) is 0 Å². The molecule has 0 spiro atoms. The summed E-state index contributed by atoms with van der Waals surface area (Å²) < 4.78 is 4.60. The molecule has 4 nitrogen and oxygen atoms in total. The van der Waals surface area contributed by atoms with Crippen molar-refractivity contribution in [1.29, 1.82) is 0 Å². The molecule has 1 heterocycles. The summed E-state index contributed by atoms with van der Waals surface area (Å²) in [5, 5.41) is 10.8. The van der Waals surface area contributed by atoms with Crippen molar-refractivity contribution in [2.24, 2.45) is 0 Å². The first-order valence-electron chi connectivity index (χ1n) is 4.82.